The summed E-state index contributed by atoms with van der Waals surface area (Å²) in [6.07, 6.45) is 5.10. The number of hydrogen-bond acceptors (Lipinski definition) is 6. The third-order valence-electron chi connectivity index (χ3n) is 4.69. The molecule has 0 atom stereocenters. The molecule has 1 aromatic carbocycles. The SMILES string of the molecule is C1=C(c2cccnc2OC2CNC2)CCOC1.Cl.O=C(O)c1nc2ccccc2[nH]1. The minimum atomic E-state index is -1.04. The number of benzene rings is 1. The van der Waals surface area contributed by atoms with Gasteiger partial charge in [-0.15, -0.1) is 12.4 Å². The molecule has 0 unspecified atom stereocenters. The van der Waals surface area contributed by atoms with Crippen molar-refractivity contribution in [3.8, 4) is 5.88 Å². The molecule has 0 saturated carbocycles. The lowest BCUT2D eigenvalue weighted by atomic mass is 10.0. The third-order valence-corrected chi connectivity index (χ3v) is 4.69. The zero-order valence-electron chi connectivity index (χ0n) is 16.2. The molecule has 2 aliphatic heterocycles. The Bertz CT molecular complexity index is 1000. The van der Waals surface area contributed by atoms with Crippen LogP contribution in [-0.4, -0.2) is 58.4 Å². The van der Waals surface area contributed by atoms with E-state index in [0.717, 1.165) is 43.1 Å². The van der Waals surface area contributed by atoms with Gasteiger partial charge >= 0.3 is 5.97 Å². The molecular formula is C21H23ClN4O4. The van der Waals surface area contributed by atoms with Gasteiger partial charge in [0.1, 0.15) is 6.10 Å². The van der Waals surface area contributed by atoms with Crippen molar-refractivity contribution in [2.24, 2.45) is 0 Å². The van der Waals surface area contributed by atoms with E-state index in [1.807, 2.05) is 18.2 Å². The summed E-state index contributed by atoms with van der Waals surface area (Å²) in [7, 11) is 0. The van der Waals surface area contributed by atoms with Gasteiger partial charge in [-0.05, 0) is 36.3 Å². The highest BCUT2D eigenvalue weighted by Crippen LogP contribution is 2.28. The Morgan fingerprint density at radius 2 is 2.03 bits per heavy atom. The molecule has 0 spiro atoms. The monoisotopic (exact) mass is 430 g/mol. The summed E-state index contributed by atoms with van der Waals surface area (Å²) < 4.78 is 11.2. The molecule has 3 aromatic rings. The van der Waals surface area contributed by atoms with Crippen molar-refractivity contribution in [2.45, 2.75) is 12.5 Å². The molecule has 0 bridgehead atoms. The van der Waals surface area contributed by atoms with Crippen LogP contribution < -0.4 is 10.1 Å². The molecule has 9 heteroatoms. The Hall–Kier alpha value is -2.94. The molecule has 158 valence electrons. The van der Waals surface area contributed by atoms with Gasteiger partial charge < -0.3 is 24.9 Å². The molecule has 4 heterocycles. The van der Waals surface area contributed by atoms with E-state index in [1.165, 1.54) is 5.57 Å². The minimum Gasteiger partial charge on any atom is -0.475 e. The van der Waals surface area contributed by atoms with E-state index in [2.05, 4.69) is 32.4 Å². The standard InChI is InChI=1S/C13H16N2O2.C8H6N2O2.ClH/c1-2-12(10-3-6-16-7-4-10)13(15-5-1)17-11-8-14-9-11;11-8(12)7-9-5-3-1-2-4-6(5)10-7;/h1-3,5,11,14H,4,6-9H2;1-4H,(H,9,10)(H,11,12);1H. The van der Waals surface area contributed by atoms with Gasteiger partial charge in [0.2, 0.25) is 11.7 Å². The number of para-hydroxylation sites is 2. The van der Waals surface area contributed by atoms with Crippen molar-refractivity contribution in [1.29, 1.82) is 0 Å². The molecule has 8 nitrogen and oxygen atoms in total. The van der Waals surface area contributed by atoms with Gasteiger partial charge in [-0.25, -0.2) is 14.8 Å². The van der Waals surface area contributed by atoms with Crippen molar-refractivity contribution < 1.29 is 19.4 Å². The fraction of sp³-hybridized carbons (Fsp3) is 0.286. The molecule has 2 aliphatic rings. The summed E-state index contributed by atoms with van der Waals surface area (Å²) in [5, 5.41) is 11.8. The number of hydrogen-bond donors (Lipinski definition) is 3. The van der Waals surface area contributed by atoms with Crippen LogP contribution in [-0.2, 0) is 4.74 Å². The quantitative estimate of drug-likeness (QED) is 0.583. The van der Waals surface area contributed by atoms with Gasteiger partial charge in [-0.3, -0.25) is 0 Å². The normalized spacial score (nSPS) is 15.8. The molecule has 1 fully saturated rings. The van der Waals surface area contributed by atoms with Crippen LogP contribution in [0.4, 0.5) is 0 Å². The van der Waals surface area contributed by atoms with Crippen LogP contribution in [0.2, 0.25) is 0 Å². The number of halogens is 1. The number of fused-ring (bicyclic) bond motifs is 1. The maximum absolute atomic E-state index is 10.5. The second-order valence-corrected chi connectivity index (χ2v) is 6.72. The van der Waals surface area contributed by atoms with Crippen LogP contribution in [0, 0.1) is 0 Å². The van der Waals surface area contributed by atoms with Gasteiger partial charge in [0.05, 0.1) is 24.2 Å². The maximum Gasteiger partial charge on any atom is 0.371 e. The predicted octanol–water partition coefficient (Wildman–Crippen LogP) is 2.92. The smallest absolute Gasteiger partial charge is 0.371 e. The minimum absolute atomic E-state index is 0. The largest absolute Gasteiger partial charge is 0.475 e. The second-order valence-electron chi connectivity index (χ2n) is 6.72. The summed E-state index contributed by atoms with van der Waals surface area (Å²) >= 11 is 0. The van der Waals surface area contributed by atoms with Gasteiger partial charge in [-0.1, -0.05) is 18.2 Å². The first-order valence-corrected chi connectivity index (χ1v) is 9.48. The number of carbonyl (C=O) groups is 1. The van der Waals surface area contributed by atoms with E-state index in [9.17, 15) is 4.79 Å². The van der Waals surface area contributed by atoms with Gasteiger partial charge in [0, 0.05) is 24.8 Å². The van der Waals surface area contributed by atoms with Crippen LogP contribution in [0.5, 0.6) is 5.88 Å². The number of nitrogens with zero attached hydrogens (tertiary/aromatic N) is 2. The number of aromatic nitrogens is 3. The van der Waals surface area contributed by atoms with Crippen LogP contribution in [0.25, 0.3) is 16.6 Å². The Labute approximate surface area is 179 Å². The summed E-state index contributed by atoms with van der Waals surface area (Å²) in [6.45, 7) is 3.30. The van der Waals surface area contributed by atoms with Crippen LogP contribution in [0.1, 0.15) is 22.6 Å². The Morgan fingerprint density at radius 3 is 2.70 bits per heavy atom. The van der Waals surface area contributed by atoms with Crippen molar-refractivity contribution in [3.05, 3.63) is 60.1 Å². The van der Waals surface area contributed by atoms with Crippen molar-refractivity contribution in [3.63, 3.8) is 0 Å². The topological polar surface area (TPSA) is 109 Å². The van der Waals surface area contributed by atoms with Crippen molar-refractivity contribution >= 4 is 35.0 Å². The number of pyridine rings is 1. The van der Waals surface area contributed by atoms with E-state index < -0.39 is 5.97 Å². The first kappa shape index (κ1) is 21.8. The number of ether oxygens (including phenoxy) is 2. The Morgan fingerprint density at radius 1 is 1.20 bits per heavy atom. The van der Waals surface area contributed by atoms with Gasteiger partial charge in [0.15, 0.2) is 0 Å². The number of H-pyrrole nitrogens is 1. The van der Waals surface area contributed by atoms with E-state index in [-0.39, 0.29) is 24.3 Å². The van der Waals surface area contributed by atoms with Crippen molar-refractivity contribution in [2.75, 3.05) is 26.3 Å². The molecule has 0 radical (unpaired) electrons. The number of nitrogens with one attached hydrogen (secondary N) is 2. The maximum atomic E-state index is 10.5. The van der Waals surface area contributed by atoms with Crippen LogP contribution >= 0.6 is 12.4 Å². The van der Waals surface area contributed by atoms with Gasteiger partial charge in [0.25, 0.3) is 0 Å². The van der Waals surface area contributed by atoms with E-state index in [4.69, 9.17) is 14.6 Å². The summed E-state index contributed by atoms with van der Waals surface area (Å²) in [6, 6.07) is 11.2. The molecule has 3 N–H and O–H groups in total. The second kappa shape index (κ2) is 10.2. The zero-order valence-corrected chi connectivity index (χ0v) is 17.0. The molecule has 2 aromatic heterocycles. The molecule has 0 amide bonds. The zero-order chi connectivity index (χ0) is 20.1. The fourth-order valence-electron chi connectivity index (χ4n) is 3.06. The number of aromatic amines is 1. The molecule has 30 heavy (non-hydrogen) atoms. The fourth-order valence-corrected chi connectivity index (χ4v) is 3.06. The molecule has 0 aliphatic carbocycles. The Balaban J connectivity index is 0.000000175. The first-order chi connectivity index (χ1) is 14.2. The number of rotatable bonds is 4. The van der Waals surface area contributed by atoms with E-state index in [1.54, 1.807) is 18.3 Å². The highest BCUT2D eigenvalue weighted by Gasteiger charge is 2.21. The number of imidazole rings is 1. The van der Waals surface area contributed by atoms with Crippen LogP contribution in [0.15, 0.2) is 48.7 Å². The average molecular weight is 431 g/mol. The first-order valence-electron chi connectivity index (χ1n) is 9.48. The van der Waals surface area contributed by atoms with E-state index in [0.29, 0.717) is 12.1 Å². The molecular weight excluding hydrogens is 408 g/mol. The Kier molecular flexibility index (Phi) is 7.40. The van der Waals surface area contributed by atoms with Gasteiger partial charge in [-0.2, -0.15) is 0 Å². The van der Waals surface area contributed by atoms with Crippen molar-refractivity contribution in [1.82, 2.24) is 20.3 Å². The third kappa shape index (κ3) is 5.15. The average Bonchev–Trinajstić information content (AvgIpc) is 3.17. The number of aromatic carboxylic acids is 1. The molecule has 1 saturated heterocycles. The molecule has 5 rings (SSSR count). The lowest BCUT2D eigenvalue weighted by molar-refractivity contribution is 0.0685. The summed E-state index contributed by atoms with van der Waals surface area (Å²) in [5.74, 6) is -0.297. The highest BCUT2D eigenvalue weighted by molar-refractivity contribution is 5.88. The number of carboxylic acid groups (broad SMARTS) is 1. The van der Waals surface area contributed by atoms with E-state index >= 15 is 0 Å². The summed E-state index contributed by atoms with van der Waals surface area (Å²) in [4.78, 5) is 21.4. The predicted molar refractivity (Wildman–Crippen MR) is 115 cm³/mol. The number of carboxylic acids is 1. The summed E-state index contributed by atoms with van der Waals surface area (Å²) in [5.41, 5.74) is 3.82. The lowest BCUT2D eigenvalue weighted by Gasteiger charge is -2.28. The lowest BCUT2D eigenvalue weighted by Crippen LogP contribution is -2.50. The highest BCUT2D eigenvalue weighted by atomic mass is 35.5. The van der Waals surface area contributed by atoms with Crippen LogP contribution in [0.3, 0.4) is 0 Å².